The molecule has 0 bridgehead atoms. The number of anilines is 1. The van der Waals surface area contributed by atoms with Crippen LogP contribution in [0.3, 0.4) is 0 Å². The molecular weight excluding hydrogens is 388 g/mol. The number of carbonyl (C=O) groups excluding carboxylic acids is 2. The Balaban J connectivity index is 1.51. The Bertz CT molecular complexity index is 1050. The summed E-state index contributed by atoms with van der Waals surface area (Å²) in [6, 6.07) is 14.6. The largest absolute Gasteiger partial charge is 0.366 e. The van der Waals surface area contributed by atoms with Crippen molar-refractivity contribution in [3.05, 3.63) is 54.1 Å². The molecular formula is C20H20N6O2S. The molecule has 1 atom stereocenters. The molecule has 0 aliphatic carbocycles. The van der Waals surface area contributed by atoms with Gasteiger partial charge in [-0.1, -0.05) is 31.2 Å². The fraction of sp³-hybridized carbons (Fsp3) is 0.250. The minimum Gasteiger partial charge on any atom is -0.366 e. The van der Waals surface area contributed by atoms with Crippen LogP contribution >= 0.6 is 11.8 Å². The van der Waals surface area contributed by atoms with Crippen LogP contribution in [0.2, 0.25) is 0 Å². The quantitative estimate of drug-likeness (QED) is 0.710. The minimum absolute atomic E-state index is 0.000247. The Morgan fingerprint density at radius 2 is 1.93 bits per heavy atom. The first-order valence-corrected chi connectivity index (χ1v) is 10.1. The summed E-state index contributed by atoms with van der Waals surface area (Å²) in [7, 11) is 0. The number of primary amides is 1. The Kier molecular flexibility index (Phi) is 5.30. The molecule has 2 amide bonds. The Hall–Kier alpha value is -3.20. The van der Waals surface area contributed by atoms with Gasteiger partial charge in [-0.15, -0.1) is 22.0 Å². The third kappa shape index (κ3) is 4.14. The molecule has 0 radical (unpaired) electrons. The second-order valence-electron chi connectivity index (χ2n) is 6.82. The lowest BCUT2D eigenvalue weighted by Crippen LogP contribution is -2.35. The van der Waals surface area contributed by atoms with Crippen LogP contribution < -0.4 is 10.6 Å². The van der Waals surface area contributed by atoms with E-state index in [1.54, 1.807) is 40.9 Å². The normalized spacial score (nSPS) is 16.2. The number of hydrogen-bond acceptors (Lipinski definition) is 6. The highest BCUT2D eigenvalue weighted by atomic mass is 32.2. The van der Waals surface area contributed by atoms with Gasteiger partial charge in [0, 0.05) is 27.8 Å². The molecule has 0 unspecified atom stereocenters. The van der Waals surface area contributed by atoms with Crippen LogP contribution in [0.15, 0.2) is 53.4 Å². The minimum atomic E-state index is -0.496. The molecule has 1 aliphatic heterocycles. The van der Waals surface area contributed by atoms with Gasteiger partial charge in [0.2, 0.25) is 11.7 Å². The lowest BCUT2D eigenvalue weighted by atomic mass is 10.1. The monoisotopic (exact) mass is 408 g/mol. The smallest absolute Gasteiger partial charge is 0.250 e. The van der Waals surface area contributed by atoms with E-state index in [0.29, 0.717) is 28.7 Å². The maximum atomic E-state index is 13.0. The number of nitrogens with zero attached hydrogens (tertiary/aromatic N) is 5. The maximum Gasteiger partial charge on any atom is 0.250 e. The van der Waals surface area contributed by atoms with E-state index in [4.69, 9.17) is 5.73 Å². The zero-order chi connectivity index (χ0) is 20.4. The van der Waals surface area contributed by atoms with Crippen molar-refractivity contribution >= 4 is 29.3 Å². The van der Waals surface area contributed by atoms with Crippen LogP contribution in [0.5, 0.6) is 0 Å². The highest BCUT2D eigenvalue weighted by Gasteiger charge is 2.24. The molecule has 0 saturated carbocycles. The first-order valence-electron chi connectivity index (χ1n) is 9.25. The number of para-hydroxylation sites is 1. The van der Waals surface area contributed by atoms with Crippen molar-refractivity contribution in [2.75, 3.05) is 11.4 Å². The molecule has 2 heterocycles. The lowest BCUT2D eigenvalue weighted by molar-refractivity contribution is -0.119. The summed E-state index contributed by atoms with van der Waals surface area (Å²) in [5.74, 6) is -0.196. The lowest BCUT2D eigenvalue weighted by Gasteiger charge is -2.22. The average Bonchev–Trinajstić information content (AvgIpc) is 3.10. The first-order chi connectivity index (χ1) is 14.0. The predicted molar refractivity (Wildman–Crippen MR) is 111 cm³/mol. The fourth-order valence-corrected chi connectivity index (χ4v) is 4.27. The number of thioether (sulfide) groups is 1. The van der Waals surface area contributed by atoms with Gasteiger partial charge in [-0.05, 0) is 35.9 Å². The van der Waals surface area contributed by atoms with E-state index in [0.717, 1.165) is 17.0 Å². The van der Waals surface area contributed by atoms with E-state index in [-0.39, 0.29) is 12.5 Å². The summed E-state index contributed by atoms with van der Waals surface area (Å²) < 4.78 is 0. The molecule has 0 saturated heterocycles. The third-order valence-electron chi connectivity index (χ3n) is 4.70. The van der Waals surface area contributed by atoms with Gasteiger partial charge in [-0.3, -0.25) is 9.59 Å². The molecule has 0 fully saturated rings. The van der Waals surface area contributed by atoms with Crippen molar-refractivity contribution in [2.24, 2.45) is 5.73 Å². The summed E-state index contributed by atoms with van der Waals surface area (Å²) in [6.07, 6.45) is 0.910. The van der Waals surface area contributed by atoms with Gasteiger partial charge in [0.25, 0.3) is 5.91 Å². The van der Waals surface area contributed by atoms with Crippen molar-refractivity contribution in [2.45, 2.75) is 30.0 Å². The molecule has 9 heteroatoms. The number of aromatic nitrogens is 4. The van der Waals surface area contributed by atoms with E-state index in [1.165, 1.54) is 4.80 Å². The number of tetrazole rings is 1. The van der Waals surface area contributed by atoms with E-state index in [9.17, 15) is 9.59 Å². The van der Waals surface area contributed by atoms with Crippen LogP contribution in [0.25, 0.3) is 11.4 Å². The van der Waals surface area contributed by atoms with Crippen LogP contribution in [0.4, 0.5) is 5.69 Å². The van der Waals surface area contributed by atoms with Gasteiger partial charge in [0.15, 0.2) is 0 Å². The van der Waals surface area contributed by atoms with E-state index >= 15 is 0 Å². The Labute approximate surface area is 172 Å². The van der Waals surface area contributed by atoms with Crippen molar-refractivity contribution < 1.29 is 9.59 Å². The van der Waals surface area contributed by atoms with Gasteiger partial charge in [0.05, 0.1) is 5.69 Å². The summed E-state index contributed by atoms with van der Waals surface area (Å²) in [5, 5.41) is 12.8. The van der Waals surface area contributed by atoms with Crippen LogP contribution in [0.1, 0.15) is 23.7 Å². The zero-order valence-electron chi connectivity index (χ0n) is 15.9. The summed E-state index contributed by atoms with van der Waals surface area (Å²) in [5.41, 5.74) is 7.28. The first kappa shape index (κ1) is 19.1. The number of benzene rings is 2. The number of hydrogen-bond donors (Lipinski definition) is 1. The molecule has 0 spiro atoms. The predicted octanol–water partition coefficient (Wildman–Crippen LogP) is 2.36. The second kappa shape index (κ2) is 8.04. The molecule has 3 aromatic rings. The van der Waals surface area contributed by atoms with E-state index < -0.39 is 5.91 Å². The van der Waals surface area contributed by atoms with Crippen molar-refractivity contribution in [1.82, 2.24) is 20.2 Å². The van der Waals surface area contributed by atoms with Gasteiger partial charge < -0.3 is 10.6 Å². The molecule has 2 aromatic carbocycles. The highest BCUT2D eigenvalue weighted by molar-refractivity contribution is 8.00. The molecule has 1 aliphatic rings. The Morgan fingerprint density at radius 3 is 2.69 bits per heavy atom. The van der Waals surface area contributed by atoms with Crippen LogP contribution in [0, 0.1) is 0 Å². The number of fused-ring (bicyclic) bond motifs is 1. The maximum absolute atomic E-state index is 13.0. The summed E-state index contributed by atoms with van der Waals surface area (Å²) >= 11 is 1.79. The van der Waals surface area contributed by atoms with Gasteiger partial charge in [0.1, 0.15) is 6.54 Å². The summed E-state index contributed by atoms with van der Waals surface area (Å²) in [6.45, 7) is 2.82. The Morgan fingerprint density at radius 1 is 1.17 bits per heavy atom. The number of nitrogens with two attached hydrogens (primary N) is 1. The third-order valence-corrected chi connectivity index (χ3v) is 5.94. The molecule has 8 nitrogen and oxygen atoms in total. The fourth-order valence-electron chi connectivity index (χ4n) is 3.16. The van der Waals surface area contributed by atoms with Crippen molar-refractivity contribution in [3.63, 3.8) is 0 Å². The molecule has 148 valence electrons. The molecule has 1 aromatic heterocycles. The van der Waals surface area contributed by atoms with Gasteiger partial charge >= 0.3 is 0 Å². The van der Waals surface area contributed by atoms with Gasteiger partial charge in [-0.25, -0.2) is 0 Å². The SMILES string of the molecule is C[C@H]1CCN(C(=O)Cn2nnc(-c3ccc(C(N)=O)cc3)n2)c2ccccc2S1. The average molecular weight is 408 g/mol. The number of carbonyl (C=O) groups is 2. The summed E-state index contributed by atoms with van der Waals surface area (Å²) in [4.78, 5) is 28.4. The van der Waals surface area contributed by atoms with Crippen LogP contribution in [-0.2, 0) is 11.3 Å². The number of rotatable bonds is 4. The van der Waals surface area contributed by atoms with Gasteiger partial charge in [-0.2, -0.15) is 4.80 Å². The highest BCUT2D eigenvalue weighted by Crippen LogP contribution is 2.37. The standard InChI is InChI=1S/C20H20N6O2S/c1-13-10-11-25(16-4-2-3-5-17(16)29-13)18(27)12-26-23-20(22-24-26)15-8-6-14(7-9-15)19(21)28/h2-9,13H,10-12H2,1H3,(H2,21,28)/t13-/m0/s1. The van der Waals surface area contributed by atoms with E-state index in [1.807, 2.05) is 24.3 Å². The molecule has 4 rings (SSSR count). The topological polar surface area (TPSA) is 107 Å². The number of amides is 2. The van der Waals surface area contributed by atoms with Crippen molar-refractivity contribution in [3.8, 4) is 11.4 Å². The van der Waals surface area contributed by atoms with Crippen LogP contribution in [-0.4, -0.2) is 43.8 Å². The second-order valence-corrected chi connectivity index (χ2v) is 8.30. The van der Waals surface area contributed by atoms with E-state index in [2.05, 4.69) is 22.3 Å². The molecule has 29 heavy (non-hydrogen) atoms. The molecule has 2 N–H and O–H groups in total. The zero-order valence-corrected chi connectivity index (χ0v) is 16.7. The van der Waals surface area contributed by atoms with Crippen molar-refractivity contribution in [1.29, 1.82) is 0 Å².